The summed E-state index contributed by atoms with van der Waals surface area (Å²) in [5.74, 6) is 0.165. The number of nitrogens with zero attached hydrogens (tertiary/aromatic N) is 1. The highest BCUT2D eigenvalue weighted by Crippen LogP contribution is 2.39. The van der Waals surface area contributed by atoms with Crippen molar-refractivity contribution in [3.8, 4) is 5.75 Å². The molecule has 1 aliphatic rings. The molecule has 0 aromatic heterocycles. The zero-order valence-corrected chi connectivity index (χ0v) is 18.3. The molecule has 3 aromatic rings. The molecule has 1 atom stereocenters. The number of ether oxygens (including phenoxy) is 2. The smallest absolute Gasteiger partial charge is 0.338 e. The van der Waals surface area contributed by atoms with Crippen LogP contribution in [0, 0.1) is 5.82 Å². The quantitative estimate of drug-likeness (QED) is 0.416. The minimum absolute atomic E-state index is 0.229. The Morgan fingerprint density at radius 3 is 2.62 bits per heavy atom. The van der Waals surface area contributed by atoms with Crippen LogP contribution in [0.2, 0.25) is 0 Å². The second-order valence-electron chi connectivity index (χ2n) is 7.73. The van der Waals surface area contributed by atoms with E-state index in [0.29, 0.717) is 18.8 Å². The monoisotopic (exact) mass is 431 g/mol. The van der Waals surface area contributed by atoms with Crippen LogP contribution < -0.4 is 9.64 Å². The van der Waals surface area contributed by atoms with E-state index < -0.39 is 0 Å². The third-order valence-electron chi connectivity index (χ3n) is 5.46. The van der Waals surface area contributed by atoms with Gasteiger partial charge in [0.1, 0.15) is 18.2 Å². The van der Waals surface area contributed by atoms with Crippen LogP contribution in [0.3, 0.4) is 0 Å². The lowest BCUT2D eigenvalue weighted by Gasteiger charge is -2.29. The van der Waals surface area contributed by atoms with Gasteiger partial charge in [0.05, 0.1) is 12.2 Å². The maximum atomic E-state index is 13.2. The van der Waals surface area contributed by atoms with Crippen molar-refractivity contribution in [2.45, 2.75) is 32.9 Å². The molecule has 0 amide bonds. The first kappa shape index (κ1) is 21.6. The van der Waals surface area contributed by atoms with Crippen molar-refractivity contribution in [3.05, 3.63) is 101 Å². The van der Waals surface area contributed by atoms with Gasteiger partial charge in [0.2, 0.25) is 0 Å². The zero-order chi connectivity index (χ0) is 22.5. The van der Waals surface area contributed by atoms with Gasteiger partial charge >= 0.3 is 5.97 Å². The van der Waals surface area contributed by atoms with E-state index in [0.717, 1.165) is 34.7 Å². The summed E-state index contributed by atoms with van der Waals surface area (Å²) >= 11 is 0. The number of carbonyl (C=O) groups is 1. The van der Waals surface area contributed by atoms with Crippen LogP contribution in [-0.4, -0.2) is 18.6 Å². The molecule has 32 heavy (non-hydrogen) atoms. The van der Waals surface area contributed by atoms with Gasteiger partial charge in [-0.05, 0) is 68.3 Å². The SMILES string of the molecule is CCOC(=O)c1cccc(N2C(c3ccccc3OCc3ccc(F)cc3)=CCC2C)c1. The summed E-state index contributed by atoms with van der Waals surface area (Å²) in [5.41, 5.74) is 4.37. The van der Waals surface area contributed by atoms with E-state index in [1.807, 2.05) is 42.5 Å². The summed E-state index contributed by atoms with van der Waals surface area (Å²) in [5, 5.41) is 0. The first-order valence-corrected chi connectivity index (χ1v) is 10.8. The average Bonchev–Trinajstić information content (AvgIpc) is 3.20. The zero-order valence-electron chi connectivity index (χ0n) is 18.3. The largest absolute Gasteiger partial charge is 0.488 e. The molecule has 0 bridgehead atoms. The molecule has 1 heterocycles. The Hall–Kier alpha value is -3.60. The first-order valence-electron chi connectivity index (χ1n) is 10.8. The molecule has 5 heteroatoms. The van der Waals surface area contributed by atoms with E-state index in [2.05, 4.69) is 17.9 Å². The van der Waals surface area contributed by atoms with E-state index in [4.69, 9.17) is 9.47 Å². The van der Waals surface area contributed by atoms with Gasteiger partial charge in [-0.25, -0.2) is 9.18 Å². The molecule has 4 rings (SSSR count). The molecular formula is C27H26FNO3. The van der Waals surface area contributed by atoms with Crippen molar-refractivity contribution < 1.29 is 18.7 Å². The van der Waals surface area contributed by atoms with Crippen molar-refractivity contribution in [1.29, 1.82) is 0 Å². The number of benzene rings is 3. The van der Waals surface area contributed by atoms with Gasteiger partial charge < -0.3 is 14.4 Å². The Kier molecular flexibility index (Phi) is 6.55. The maximum absolute atomic E-state index is 13.2. The molecule has 0 radical (unpaired) electrons. The minimum atomic E-state index is -0.324. The van der Waals surface area contributed by atoms with Crippen LogP contribution >= 0.6 is 0 Å². The number of rotatable bonds is 7. The lowest BCUT2D eigenvalue weighted by molar-refractivity contribution is 0.0526. The number of hydrogen-bond acceptors (Lipinski definition) is 4. The maximum Gasteiger partial charge on any atom is 0.338 e. The average molecular weight is 432 g/mol. The molecule has 3 aromatic carbocycles. The standard InChI is InChI=1S/C27H26FNO3/c1-3-31-27(30)21-7-6-8-23(17-21)29-19(2)11-16-25(29)24-9-4-5-10-26(24)32-18-20-12-14-22(28)15-13-20/h4-10,12-17,19H,3,11,18H2,1-2H3. The van der Waals surface area contributed by atoms with Crippen molar-refractivity contribution in [1.82, 2.24) is 0 Å². The number of anilines is 1. The number of halogens is 1. The van der Waals surface area contributed by atoms with Gasteiger partial charge in [0, 0.05) is 23.0 Å². The highest BCUT2D eigenvalue weighted by atomic mass is 19.1. The summed E-state index contributed by atoms with van der Waals surface area (Å²) in [6.07, 6.45) is 3.08. The van der Waals surface area contributed by atoms with Crippen LogP contribution in [-0.2, 0) is 11.3 Å². The molecule has 164 valence electrons. The van der Waals surface area contributed by atoms with Gasteiger partial charge in [-0.15, -0.1) is 0 Å². The fourth-order valence-electron chi connectivity index (χ4n) is 3.90. The van der Waals surface area contributed by atoms with Crippen molar-refractivity contribution in [3.63, 3.8) is 0 Å². The van der Waals surface area contributed by atoms with E-state index in [1.54, 1.807) is 25.1 Å². The fourth-order valence-corrected chi connectivity index (χ4v) is 3.90. The second-order valence-corrected chi connectivity index (χ2v) is 7.73. The van der Waals surface area contributed by atoms with Crippen molar-refractivity contribution in [2.24, 2.45) is 0 Å². The topological polar surface area (TPSA) is 38.8 Å². The number of carbonyl (C=O) groups excluding carboxylic acids is 1. The molecule has 0 aliphatic carbocycles. The molecule has 1 unspecified atom stereocenters. The van der Waals surface area contributed by atoms with Crippen LogP contribution in [0.1, 0.15) is 41.8 Å². The highest BCUT2D eigenvalue weighted by molar-refractivity contribution is 5.92. The van der Waals surface area contributed by atoms with Crippen molar-refractivity contribution in [2.75, 3.05) is 11.5 Å². The van der Waals surface area contributed by atoms with Gasteiger partial charge in [0.25, 0.3) is 0 Å². The van der Waals surface area contributed by atoms with E-state index in [1.165, 1.54) is 12.1 Å². The molecule has 0 saturated heterocycles. The van der Waals surface area contributed by atoms with E-state index in [9.17, 15) is 9.18 Å². The van der Waals surface area contributed by atoms with Gasteiger partial charge in [-0.2, -0.15) is 0 Å². The van der Waals surface area contributed by atoms with Gasteiger partial charge in [0.15, 0.2) is 0 Å². The fraction of sp³-hybridized carbons (Fsp3) is 0.222. The summed E-state index contributed by atoms with van der Waals surface area (Å²) in [6, 6.07) is 22.0. The Labute approximate surface area is 187 Å². The number of esters is 1. The second kappa shape index (κ2) is 9.69. The molecular weight excluding hydrogens is 405 g/mol. The lowest BCUT2D eigenvalue weighted by Crippen LogP contribution is -2.27. The molecule has 0 fully saturated rings. The van der Waals surface area contributed by atoms with Crippen LogP contribution in [0.15, 0.2) is 78.9 Å². The summed E-state index contributed by atoms with van der Waals surface area (Å²) in [6.45, 7) is 4.64. The van der Waals surface area contributed by atoms with Crippen molar-refractivity contribution >= 4 is 17.4 Å². The first-order chi connectivity index (χ1) is 15.6. The lowest BCUT2D eigenvalue weighted by atomic mass is 10.1. The third kappa shape index (κ3) is 4.67. The summed E-state index contributed by atoms with van der Waals surface area (Å²) < 4.78 is 24.5. The van der Waals surface area contributed by atoms with Crippen LogP contribution in [0.25, 0.3) is 5.70 Å². The van der Waals surface area contributed by atoms with Crippen LogP contribution in [0.5, 0.6) is 5.75 Å². The Balaban J connectivity index is 1.61. The van der Waals surface area contributed by atoms with Crippen LogP contribution in [0.4, 0.5) is 10.1 Å². The Bertz CT molecular complexity index is 1120. The molecule has 0 saturated carbocycles. The highest BCUT2D eigenvalue weighted by Gasteiger charge is 2.27. The number of para-hydroxylation sites is 1. The number of hydrogen-bond donors (Lipinski definition) is 0. The molecule has 1 aliphatic heterocycles. The van der Waals surface area contributed by atoms with Gasteiger partial charge in [-0.3, -0.25) is 0 Å². The third-order valence-corrected chi connectivity index (χ3v) is 5.46. The molecule has 4 nitrogen and oxygen atoms in total. The Morgan fingerprint density at radius 1 is 1.06 bits per heavy atom. The van der Waals surface area contributed by atoms with Gasteiger partial charge in [-0.1, -0.05) is 36.4 Å². The summed E-state index contributed by atoms with van der Waals surface area (Å²) in [7, 11) is 0. The van der Waals surface area contributed by atoms with E-state index in [-0.39, 0.29) is 17.8 Å². The normalized spacial score (nSPS) is 15.4. The molecule has 0 N–H and O–H groups in total. The predicted molar refractivity (Wildman–Crippen MR) is 124 cm³/mol. The predicted octanol–water partition coefficient (Wildman–Crippen LogP) is 6.22. The Morgan fingerprint density at radius 2 is 1.84 bits per heavy atom. The minimum Gasteiger partial charge on any atom is -0.488 e. The molecule has 0 spiro atoms. The summed E-state index contributed by atoms with van der Waals surface area (Å²) in [4.78, 5) is 14.5. The van der Waals surface area contributed by atoms with E-state index >= 15 is 0 Å².